The highest BCUT2D eigenvalue weighted by molar-refractivity contribution is 8.00. The molecule has 0 aliphatic carbocycles. The monoisotopic (exact) mass is 610 g/mol. The maximum Gasteiger partial charge on any atom is 0.141 e. The summed E-state index contributed by atoms with van der Waals surface area (Å²) in [6, 6.07) is 19.2. The third-order valence-corrected chi connectivity index (χ3v) is 10.2. The quantitative estimate of drug-likeness (QED) is 0.291. The molecule has 0 amide bonds. The Morgan fingerprint density at radius 3 is 1.51 bits per heavy atom. The van der Waals surface area contributed by atoms with Gasteiger partial charge in [-0.2, -0.15) is 35.3 Å². The number of aliphatic hydroxyl groups is 1. The average molecular weight is 611 g/mol. The minimum Gasteiger partial charge on any atom is -0.506 e. The highest BCUT2D eigenvalue weighted by Crippen LogP contribution is 2.24. The van der Waals surface area contributed by atoms with Gasteiger partial charge in [-0.25, -0.2) is 9.97 Å². The SMILES string of the molecule is Oc1cccc2ccc(CN3CCSCCN(Cc4ccc5cccc(O)c5n4)CCSCC(O)CSCC3)nc12. The van der Waals surface area contributed by atoms with Crippen LogP contribution in [0.5, 0.6) is 11.5 Å². The number of fused-ring (bicyclic) bond motifs is 2. The van der Waals surface area contributed by atoms with Crippen LogP contribution in [-0.4, -0.2) is 102 Å². The van der Waals surface area contributed by atoms with Crippen molar-refractivity contribution in [3.8, 4) is 11.5 Å². The molecular formula is C31H38N4O3S3. The van der Waals surface area contributed by atoms with E-state index in [1.54, 1.807) is 12.1 Å². The van der Waals surface area contributed by atoms with Crippen LogP contribution in [0.2, 0.25) is 0 Å². The zero-order valence-electron chi connectivity index (χ0n) is 23.2. The highest BCUT2D eigenvalue weighted by atomic mass is 32.2. The van der Waals surface area contributed by atoms with Gasteiger partial charge >= 0.3 is 0 Å². The molecule has 0 bridgehead atoms. The van der Waals surface area contributed by atoms with Crippen molar-refractivity contribution in [1.29, 1.82) is 0 Å². The Hall–Kier alpha value is -2.21. The van der Waals surface area contributed by atoms with Crippen LogP contribution in [0.1, 0.15) is 11.4 Å². The van der Waals surface area contributed by atoms with Crippen molar-refractivity contribution in [1.82, 2.24) is 19.8 Å². The molecule has 0 radical (unpaired) electrons. The summed E-state index contributed by atoms with van der Waals surface area (Å²) in [7, 11) is 0. The van der Waals surface area contributed by atoms with Crippen molar-refractivity contribution in [3.05, 3.63) is 72.1 Å². The molecule has 10 heteroatoms. The normalized spacial score (nSPS) is 18.2. The van der Waals surface area contributed by atoms with Crippen LogP contribution in [0, 0.1) is 0 Å². The van der Waals surface area contributed by atoms with Crippen LogP contribution < -0.4 is 0 Å². The standard InChI is InChI=1S/C31H38N4O3S3/c36-27-21-40-17-13-34(19-25-9-7-23-3-1-5-28(37)30(23)32-25)11-15-39-16-12-35(14-18-41-22-27)20-26-10-8-24-4-2-6-29(38)31(24)33-26/h1-10,27,36-38H,11-22H2. The molecular weight excluding hydrogens is 573 g/mol. The van der Waals surface area contributed by atoms with Crippen LogP contribution in [0.25, 0.3) is 21.8 Å². The van der Waals surface area contributed by atoms with E-state index in [0.29, 0.717) is 11.0 Å². The van der Waals surface area contributed by atoms with Gasteiger partial charge < -0.3 is 15.3 Å². The topological polar surface area (TPSA) is 93.0 Å². The Kier molecular flexibility index (Phi) is 11.3. The van der Waals surface area contributed by atoms with Gasteiger partial charge in [0.1, 0.15) is 22.5 Å². The number of pyridine rings is 2. The maximum absolute atomic E-state index is 10.5. The Morgan fingerprint density at radius 2 is 1.05 bits per heavy atom. The molecule has 0 atom stereocenters. The van der Waals surface area contributed by atoms with E-state index in [1.807, 2.05) is 71.7 Å². The van der Waals surface area contributed by atoms with E-state index < -0.39 is 0 Å². The second-order valence-corrected chi connectivity index (χ2v) is 13.8. The second kappa shape index (κ2) is 15.3. The van der Waals surface area contributed by atoms with Crippen molar-refractivity contribution in [3.63, 3.8) is 0 Å². The number of nitrogens with zero attached hydrogens (tertiary/aromatic N) is 4. The molecule has 0 spiro atoms. The maximum atomic E-state index is 10.5. The van der Waals surface area contributed by atoms with Gasteiger partial charge in [0.05, 0.1) is 17.5 Å². The van der Waals surface area contributed by atoms with Crippen molar-refractivity contribution in [2.45, 2.75) is 19.2 Å². The average Bonchev–Trinajstić information content (AvgIpc) is 2.97. The van der Waals surface area contributed by atoms with Crippen molar-refractivity contribution in [2.75, 3.05) is 60.7 Å². The van der Waals surface area contributed by atoms with Gasteiger partial charge in [0.15, 0.2) is 0 Å². The first-order valence-electron chi connectivity index (χ1n) is 14.1. The predicted octanol–water partition coefficient (Wildman–Crippen LogP) is 5.07. The molecule has 5 rings (SSSR count). The van der Waals surface area contributed by atoms with E-state index in [1.165, 1.54) is 0 Å². The van der Waals surface area contributed by atoms with Gasteiger partial charge in [0, 0.05) is 84.6 Å². The minimum absolute atomic E-state index is 0.218. The molecule has 4 aromatic rings. The molecule has 7 nitrogen and oxygen atoms in total. The third-order valence-electron chi connectivity index (χ3n) is 7.11. The molecule has 41 heavy (non-hydrogen) atoms. The van der Waals surface area contributed by atoms with E-state index in [2.05, 4.69) is 21.9 Å². The Balaban J connectivity index is 1.21. The summed E-state index contributed by atoms with van der Waals surface area (Å²) in [4.78, 5) is 14.4. The van der Waals surface area contributed by atoms with Gasteiger partial charge in [0.25, 0.3) is 0 Å². The van der Waals surface area contributed by atoms with Gasteiger partial charge in [-0.15, -0.1) is 0 Å². The summed E-state index contributed by atoms with van der Waals surface area (Å²) in [5, 5.41) is 33.0. The molecule has 1 aliphatic heterocycles. The smallest absolute Gasteiger partial charge is 0.141 e. The van der Waals surface area contributed by atoms with Gasteiger partial charge in [-0.1, -0.05) is 36.4 Å². The van der Waals surface area contributed by atoms with E-state index >= 15 is 0 Å². The fraction of sp³-hybridized carbons (Fsp3) is 0.419. The first kappa shape index (κ1) is 30.3. The first-order valence-corrected chi connectivity index (χ1v) is 17.5. The number of hydrogen-bond acceptors (Lipinski definition) is 10. The van der Waals surface area contributed by atoms with E-state index in [9.17, 15) is 15.3 Å². The Morgan fingerprint density at radius 1 is 0.610 bits per heavy atom. The summed E-state index contributed by atoms with van der Waals surface area (Å²) >= 11 is 5.59. The molecule has 3 heterocycles. The predicted molar refractivity (Wildman–Crippen MR) is 175 cm³/mol. The summed E-state index contributed by atoms with van der Waals surface area (Å²) in [6.45, 7) is 5.23. The number of aliphatic hydroxyl groups excluding tert-OH is 1. The number of phenols is 2. The number of benzene rings is 2. The van der Waals surface area contributed by atoms with E-state index in [-0.39, 0.29) is 17.6 Å². The lowest BCUT2D eigenvalue weighted by Crippen LogP contribution is -2.31. The van der Waals surface area contributed by atoms with Crippen molar-refractivity contribution < 1.29 is 15.3 Å². The van der Waals surface area contributed by atoms with Crippen LogP contribution in [-0.2, 0) is 13.1 Å². The van der Waals surface area contributed by atoms with Crippen LogP contribution in [0.3, 0.4) is 0 Å². The fourth-order valence-electron chi connectivity index (χ4n) is 4.88. The lowest BCUT2D eigenvalue weighted by atomic mass is 10.2. The number of thioether (sulfide) groups is 3. The largest absolute Gasteiger partial charge is 0.506 e. The third kappa shape index (κ3) is 8.89. The molecule has 0 unspecified atom stereocenters. The van der Waals surface area contributed by atoms with Crippen molar-refractivity contribution in [2.24, 2.45) is 0 Å². The molecule has 3 N–H and O–H groups in total. The lowest BCUT2D eigenvalue weighted by molar-refractivity contribution is 0.224. The zero-order valence-corrected chi connectivity index (χ0v) is 25.6. The molecule has 218 valence electrons. The molecule has 2 aromatic carbocycles. The minimum atomic E-state index is -0.314. The van der Waals surface area contributed by atoms with Crippen LogP contribution in [0.15, 0.2) is 60.7 Å². The molecule has 1 fully saturated rings. The molecule has 0 saturated carbocycles. The summed E-state index contributed by atoms with van der Waals surface area (Å²) in [6.07, 6.45) is -0.314. The number of aromatic hydroxyl groups is 2. The molecule has 1 aliphatic rings. The number of rotatable bonds is 4. The number of hydrogen-bond donors (Lipinski definition) is 3. The summed E-state index contributed by atoms with van der Waals surface area (Å²) in [5.74, 6) is 5.90. The fourth-order valence-corrected chi connectivity index (χ4v) is 7.90. The number of aromatic nitrogens is 2. The van der Waals surface area contributed by atoms with Gasteiger partial charge in [-0.3, -0.25) is 9.80 Å². The summed E-state index contributed by atoms with van der Waals surface area (Å²) < 4.78 is 0. The Bertz CT molecular complexity index is 1320. The first-order chi connectivity index (χ1) is 20.0. The number of phenolic OH excluding ortho intramolecular Hbond substituents is 2. The lowest BCUT2D eigenvalue weighted by Gasteiger charge is -2.24. The summed E-state index contributed by atoms with van der Waals surface area (Å²) in [5.41, 5.74) is 3.22. The van der Waals surface area contributed by atoms with E-state index in [0.717, 1.165) is 95.9 Å². The van der Waals surface area contributed by atoms with Crippen LogP contribution >= 0.6 is 35.3 Å². The second-order valence-electron chi connectivity index (χ2n) is 10.3. The van der Waals surface area contributed by atoms with Crippen LogP contribution in [0.4, 0.5) is 0 Å². The Labute approximate surface area is 254 Å². The van der Waals surface area contributed by atoms with Gasteiger partial charge in [0.2, 0.25) is 0 Å². The molecule has 2 aromatic heterocycles. The highest BCUT2D eigenvalue weighted by Gasteiger charge is 2.14. The molecule has 1 saturated heterocycles. The number of para-hydroxylation sites is 2. The van der Waals surface area contributed by atoms with Crippen molar-refractivity contribution >= 4 is 57.1 Å². The van der Waals surface area contributed by atoms with E-state index in [4.69, 9.17) is 9.97 Å². The van der Waals surface area contributed by atoms with Gasteiger partial charge in [-0.05, 0) is 24.3 Å². The zero-order chi connectivity index (χ0) is 28.4.